The van der Waals surface area contributed by atoms with Gasteiger partial charge in [0, 0.05) is 39.1 Å². The predicted molar refractivity (Wildman–Crippen MR) is 63.0 cm³/mol. The van der Waals surface area contributed by atoms with E-state index in [1.807, 2.05) is 0 Å². The molecule has 0 aliphatic carbocycles. The first kappa shape index (κ1) is 11.9. The molecule has 0 bridgehead atoms. The zero-order valence-corrected chi connectivity index (χ0v) is 10.0. The Bertz CT molecular complexity index is 383. The number of amides is 2. The second-order valence-electron chi connectivity index (χ2n) is 4.28. The number of nitrogens with one attached hydrogen (secondary N) is 1. The molecule has 2 aliphatic rings. The molecule has 2 amide bonds. The molecule has 1 unspecified atom stereocenters. The Hall–Kier alpha value is -1.54. The molecule has 5 heteroatoms. The molecule has 17 heavy (non-hydrogen) atoms. The summed E-state index contributed by atoms with van der Waals surface area (Å²) in [5, 5.41) is 3.25. The summed E-state index contributed by atoms with van der Waals surface area (Å²) in [5.41, 5.74) is 0. The average molecular weight is 235 g/mol. The van der Waals surface area contributed by atoms with Crippen molar-refractivity contribution in [3.8, 4) is 11.8 Å². The summed E-state index contributed by atoms with van der Waals surface area (Å²) in [7, 11) is 0. The van der Waals surface area contributed by atoms with Gasteiger partial charge in [0.1, 0.15) is 0 Å². The zero-order valence-electron chi connectivity index (χ0n) is 10.0. The quantitative estimate of drug-likeness (QED) is 0.495. The molecule has 1 N–H and O–H groups in total. The molecular formula is C12H17N3O2. The first-order chi connectivity index (χ1) is 8.24. The van der Waals surface area contributed by atoms with Crippen molar-refractivity contribution in [1.82, 2.24) is 15.1 Å². The first-order valence-electron chi connectivity index (χ1n) is 5.94. The molecule has 2 heterocycles. The Balaban J connectivity index is 2.01. The Morgan fingerprint density at radius 3 is 3.00 bits per heavy atom. The standard InChI is InChI=1S/C12H17N3O2/c1-2-3-4-6-14-9-10-8-13-5-7-15(10)12(17)11(14)16/h10,13H,4-9H2,1H3. The number of hydrogen-bond donors (Lipinski definition) is 1. The van der Waals surface area contributed by atoms with Crippen LogP contribution < -0.4 is 5.32 Å². The van der Waals surface area contributed by atoms with Gasteiger partial charge in [0.15, 0.2) is 0 Å². The second kappa shape index (κ2) is 5.19. The van der Waals surface area contributed by atoms with Crippen molar-refractivity contribution >= 4 is 11.8 Å². The lowest BCUT2D eigenvalue weighted by atomic mass is 10.1. The van der Waals surface area contributed by atoms with Crippen LogP contribution in [0.25, 0.3) is 0 Å². The van der Waals surface area contributed by atoms with Gasteiger partial charge in [0.05, 0.1) is 6.04 Å². The maximum atomic E-state index is 11.9. The topological polar surface area (TPSA) is 52.6 Å². The monoisotopic (exact) mass is 235 g/mol. The van der Waals surface area contributed by atoms with Crippen molar-refractivity contribution in [3.05, 3.63) is 0 Å². The molecule has 0 aromatic rings. The van der Waals surface area contributed by atoms with E-state index < -0.39 is 0 Å². The van der Waals surface area contributed by atoms with Crippen LogP contribution in [0.1, 0.15) is 13.3 Å². The predicted octanol–water partition coefficient (Wildman–Crippen LogP) is -0.958. The highest BCUT2D eigenvalue weighted by Crippen LogP contribution is 2.14. The zero-order chi connectivity index (χ0) is 12.3. The number of fused-ring (bicyclic) bond motifs is 1. The third-order valence-electron chi connectivity index (χ3n) is 3.20. The van der Waals surface area contributed by atoms with Gasteiger partial charge in [-0.15, -0.1) is 11.8 Å². The summed E-state index contributed by atoms with van der Waals surface area (Å²) in [6.07, 6.45) is 0.635. The summed E-state index contributed by atoms with van der Waals surface area (Å²) < 4.78 is 0. The number of carbonyl (C=O) groups is 2. The second-order valence-corrected chi connectivity index (χ2v) is 4.28. The van der Waals surface area contributed by atoms with E-state index in [0.717, 1.165) is 13.1 Å². The lowest BCUT2D eigenvalue weighted by Gasteiger charge is -2.43. The van der Waals surface area contributed by atoms with E-state index in [1.54, 1.807) is 16.7 Å². The molecular weight excluding hydrogens is 218 g/mol. The Morgan fingerprint density at radius 1 is 1.41 bits per heavy atom. The minimum absolute atomic E-state index is 0.128. The van der Waals surface area contributed by atoms with Gasteiger partial charge in [-0.25, -0.2) is 0 Å². The van der Waals surface area contributed by atoms with Crippen LogP contribution in [-0.4, -0.2) is 60.4 Å². The molecule has 2 rings (SSSR count). The lowest BCUT2D eigenvalue weighted by Crippen LogP contribution is -2.65. The summed E-state index contributed by atoms with van der Waals surface area (Å²) in [4.78, 5) is 27.0. The molecule has 5 nitrogen and oxygen atoms in total. The van der Waals surface area contributed by atoms with Crippen LogP contribution in [0, 0.1) is 11.8 Å². The Kier molecular flexibility index (Phi) is 3.64. The third kappa shape index (κ3) is 2.42. The van der Waals surface area contributed by atoms with E-state index in [0.29, 0.717) is 26.1 Å². The van der Waals surface area contributed by atoms with Crippen molar-refractivity contribution in [2.45, 2.75) is 19.4 Å². The van der Waals surface area contributed by atoms with Crippen LogP contribution in [-0.2, 0) is 9.59 Å². The summed E-state index contributed by atoms with van der Waals surface area (Å²) in [5.74, 6) is 4.98. The molecule has 0 saturated carbocycles. The highest BCUT2D eigenvalue weighted by atomic mass is 16.2. The van der Waals surface area contributed by atoms with E-state index in [2.05, 4.69) is 17.2 Å². The van der Waals surface area contributed by atoms with E-state index in [-0.39, 0.29) is 17.9 Å². The van der Waals surface area contributed by atoms with E-state index in [9.17, 15) is 9.59 Å². The van der Waals surface area contributed by atoms with E-state index in [1.165, 1.54) is 0 Å². The maximum absolute atomic E-state index is 11.9. The molecule has 2 fully saturated rings. The summed E-state index contributed by atoms with van der Waals surface area (Å²) in [6, 6.07) is 0.128. The van der Waals surface area contributed by atoms with Crippen molar-refractivity contribution in [2.75, 3.05) is 32.7 Å². The fraction of sp³-hybridized carbons (Fsp3) is 0.667. The molecule has 1 atom stereocenters. The summed E-state index contributed by atoms with van der Waals surface area (Å²) >= 11 is 0. The average Bonchev–Trinajstić information content (AvgIpc) is 2.35. The van der Waals surface area contributed by atoms with Gasteiger partial charge in [-0.05, 0) is 6.92 Å². The van der Waals surface area contributed by atoms with Crippen LogP contribution in [0.15, 0.2) is 0 Å². The van der Waals surface area contributed by atoms with Crippen LogP contribution in [0.3, 0.4) is 0 Å². The smallest absolute Gasteiger partial charge is 0.312 e. The van der Waals surface area contributed by atoms with Gasteiger partial charge < -0.3 is 15.1 Å². The molecule has 0 spiro atoms. The Labute approximate surface area is 101 Å². The van der Waals surface area contributed by atoms with Gasteiger partial charge in [0.2, 0.25) is 0 Å². The van der Waals surface area contributed by atoms with Gasteiger partial charge >= 0.3 is 11.8 Å². The Morgan fingerprint density at radius 2 is 2.24 bits per heavy atom. The molecule has 92 valence electrons. The number of carbonyl (C=O) groups excluding carboxylic acids is 2. The van der Waals surface area contributed by atoms with Crippen LogP contribution in [0.5, 0.6) is 0 Å². The van der Waals surface area contributed by atoms with Crippen molar-refractivity contribution in [2.24, 2.45) is 0 Å². The molecule has 0 radical (unpaired) electrons. The number of nitrogens with zero attached hydrogens (tertiary/aromatic N) is 2. The van der Waals surface area contributed by atoms with Gasteiger partial charge in [0.25, 0.3) is 0 Å². The van der Waals surface area contributed by atoms with E-state index in [4.69, 9.17) is 0 Å². The van der Waals surface area contributed by atoms with Crippen molar-refractivity contribution in [3.63, 3.8) is 0 Å². The SMILES string of the molecule is CC#CCCN1CC2CNCCN2C(=O)C1=O. The highest BCUT2D eigenvalue weighted by molar-refractivity contribution is 6.35. The summed E-state index contributed by atoms with van der Waals surface area (Å²) in [6.45, 7) is 5.14. The lowest BCUT2D eigenvalue weighted by molar-refractivity contribution is -0.159. The number of rotatable bonds is 2. The highest BCUT2D eigenvalue weighted by Gasteiger charge is 2.39. The molecule has 0 aromatic heterocycles. The molecule has 2 saturated heterocycles. The van der Waals surface area contributed by atoms with Crippen LogP contribution in [0.4, 0.5) is 0 Å². The van der Waals surface area contributed by atoms with Gasteiger partial charge in [-0.3, -0.25) is 9.59 Å². The minimum Gasteiger partial charge on any atom is -0.331 e. The van der Waals surface area contributed by atoms with Crippen LogP contribution >= 0.6 is 0 Å². The maximum Gasteiger partial charge on any atom is 0.312 e. The molecule has 2 aliphatic heterocycles. The number of hydrogen-bond acceptors (Lipinski definition) is 3. The largest absolute Gasteiger partial charge is 0.331 e. The molecule has 0 aromatic carbocycles. The fourth-order valence-corrected chi connectivity index (χ4v) is 2.30. The third-order valence-corrected chi connectivity index (χ3v) is 3.20. The minimum atomic E-state index is -0.374. The van der Waals surface area contributed by atoms with Gasteiger partial charge in [-0.2, -0.15) is 0 Å². The van der Waals surface area contributed by atoms with Gasteiger partial charge in [-0.1, -0.05) is 0 Å². The van der Waals surface area contributed by atoms with Crippen molar-refractivity contribution < 1.29 is 9.59 Å². The first-order valence-corrected chi connectivity index (χ1v) is 5.94. The van der Waals surface area contributed by atoms with E-state index >= 15 is 0 Å². The van der Waals surface area contributed by atoms with Crippen LogP contribution in [0.2, 0.25) is 0 Å². The normalized spacial score (nSPS) is 24.2. The number of piperazine rings is 2. The fourth-order valence-electron chi connectivity index (χ4n) is 2.30. The van der Waals surface area contributed by atoms with Crippen molar-refractivity contribution in [1.29, 1.82) is 0 Å².